The molecule has 2 aromatic heterocycles. The minimum absolute atomic E-state index is 0.0715. The maximum Gasteiger partial charge on any atom is 0.319 e. The monoisotopic (exact) mass is 566 g/mol. The molecule has 7 nitrogen and oxygen atoms in total. The molecule has 42 heavy (non-hydrogen) atoms. The number of nitrogens with zero attached hydrogens (tertiary/aromatic N) is 5. The van der Waals surface area contributed by atoms with Crippen LogP contribution in [0.2, 0.25) is 0 Å². The molecule has 9 heteroatoms. The van der Waals surface area contributed by atoms with Gasteiger partial charge in [0.2, 0.25) is 0 Å². The Labute approximate surface area is 243 Å². The van der Waals surface area contributed by atoms with Crippen molar-refractivity contribution in [2.24, 2.45) is 0 Å². The average molecular weight is 567 g/mol. The summed E-state index contributed by atoms with van der Waals surface area (Å²) in [6, 6.07) is 11.5. The lowest BCUT2D eigenvalue weighted by Crippen LogP contribution is -2.58. The lowest BCUT2D eigenvalue weighted by atomic mass is 9.87. The van der Waals surface area contributed by atoms with Gasteiger partial charge in [0.05, 0.1) is 10.9 Å². The molecule has 3 atom stereocenters. The van der Waals surface area contributed by atoms with Crippen molar-refractivity contribution in [1.82, 2.24) is 25.2 Å². The number of benzene rings is 2. The Morgan fingerprint density at radius 3 is 2.76 bits per heavy atom. The molecule has 4 saturated heterocycles. The van der Waals surface area contributed by atoms with Crippen LogP contribution in [0.5, 0.6) is 6.01 Å². The van der Waals surface area contributed by atoms with Crippen molar-refractivity contribution >= 4 is 27.5 Å². The van der Waals surface area contributed by atoms with Crippen LogP contribution in [-0.2, 0) is 0 Å². The third-order valence-corrected chi connectivity index (χ3v) is 9.95. The lowest BCUT2D eigenvalue weighted by molar-refractivity contribution is 0.107. The van der Waals surface area contributed by atoms with Crippen molar-refractivity contribution < 1.29 is 13.5 Å². The third kappa shape index (κ3) is 3.96. The Morgan fingerprint density at radius 1 is 1.12 bits per heavy atom. The zero-order chi connectivity index (χ0) is 28.5. The van der Waals surface area contributed by atoms with Crippen LogP contribution >= 0.6 is 0 Å². The Morgan fingerprint density at radius 2 is 1.98 bits per heavy atom. The van der Waals surface area contributed by atoms with Gasteiger partial charge in [0.1, 0.15) is 29.8 Å². The number of pyridine rings is 1. The molecule has 214 valence electrons. The van der Waals surface area contributed by atoms with Crippen molar-refractivity contribution in [2.45, 2.75) is 49.4 Å². The number of fused-ring (bicyclic) bond motifs is 3. The fourth-order valence-electron chi connectivity index (χ4n) is 7.70. The summed E-state index contributed by atoms with van der Waals surface area (Å²) >= 11 is 0. The van der Waals surface area contributed by atoms with E-state index in [0.717, 1.165) is 62.6 Å². The Kier molecular flexibility index (Phi) is 5.89. The van der Waals surface area contributed by atoms with Crippen LogP contribution in [0.4, 0.5) is 14.6 Å². The summed E-state index contributed by atoms with van der Waals surface area (Å²) in [6.07, 6.45) is 11.1. The highest BCUT2D eigenvalue weighted by molar-refractivity contribution is 6.02. The molecule has 0 radical (unpaired) electrons. The smallest absolute Gasteiger partial charge is 0.319 e. The number of aromatic nitrogens is 3. The first-order chi connectivity index (χ1) is 20.5. The predicted molar refractivity (Wildman–Crippen MR) is 159 cm³/mol. The molecular formula is C33H32F2N6O. The van der Waals surface area contributed by atoms with Crippen molar-refractivity contribution in [1.29, 1.82) is 0 Å². The van der Waals surface area contributed by atoms with Crippen LogP contribution in [0, 0.1) is 18.2 Å². The number of anilines is 1. The number of hydrogen-bond donors (Lipinski definition) is 1. The van der Waals surface area contributed by atoms with E-state index < -0.39 is 12.0 Å². The van der Waals surface area contributed by atoms with E-state index in [0.29, 0.717) is 35.3 Å². The van der Waals surface area contributed by atoms with E-state index in [1.165, 1.54) is 0 Å². The summed E-state index contributed by atoms with van der Waals surface area (Å²) in [5, 5.41) is 5.81. The largest absolute Gasteiger partial charge is 0.461 e. The van der Waals surface area contributed by atoms with Crippen LogP contribution < -0.4 is 15.0 Å². The molecule has 1 N–H and O–H groups in total. The summed E-state index contributed by atoms with van der Waals surface area (Å²) in [5.41, 5.74) is 1.34. The van der Waals surface area contributed by atoms with Gasteiger partial charge in [-0.1, -0.05) is 36.3 Å². The standard InChI is InChI=1S/C33H32F2N6O/c1-2-21-6-3-7-22-8-4-9-24(26(21)22)28-27(35)29-25(17-36-28)30(40-15-12-32(19-40)11-13-37-32)39-31(38-29)42-20-33-10-5-14-41(33)18-23(34)16-33/h1,3-4,6-9,17,23,37H,5,10-16,18-20H2/t23-,32?,33+/m1/s1. The molecule has 0 amide bonds. The minimum atomic E-state index is -0.863. The van der Waals surface area contributed by atoms with E-state index in [-0.39, 0.29) is 34.9 Å². The quantitative estimate of drug-likeness (QED) is 0.346. The number of terminal acetylenes is 1. The summed E-state index contributed by atoms with van der Waals surface area (Å²) < 4.78 is 37.3. The van der Waals surface area contributed by atoms with Gasteiger partial charge in [-0.15, -0.1) is 6.42 Å². The highest BCUT2D eigenvalue weighted by Crippen LogP contribution is 2.42. The molecule has 6 heterocycles. The van der Waals surface area contributed by atoms with Crippen molar-refractivity contribution in [2.75, 3.05) is 44.2 Å². The van der Waals surface area contributed by atoms with Gasteiger partial charge in [0.15, 0.2) is 5.82 Å². The van der Waals surface area contributed by atoms with Gasteiger partial charge in [0.25, 0.3) is 0 Å². The highest BCUT2D eigenvalue weighted by atomic mass is 19.1. The molecule has 4 aliphatic rings. The van der Waals surface area contributed by atoms with Crippen molar-refractivity contribution in [3.05, 3.63) is 54.0 Å². The molecule has 4 aromatic rings. The number of halogens is 2. The van der Waals surface area contributed by atoms with Gasteiger partial charge in [0, 0.05) is 54.3 Å². The van der Waals surface area contributed by atoms with E-state index >= 15 is 4.39 Å². The molecule has 1 spiro atoms. The zero-order valence-corrected chi connectivity index (χ0v) is 23.4. The Hall–Kier alpha value is -3.87. The molecule has 8 rings (SSSR count). The average Bonchev–Trinajstić information content (AvgIpc) is 3.68. The Bertz CT molecular complexity index is 1760. The normalized spacial score (nSPS) is 27.1. The van der Waals surface area contributed by atoms with Crippen LogP contribution in [0.1, 0.15) is 37.7 Å². The first-order valence-corrected chi connectivity index (χ1v) is 14.8. The van der Waals surface area contributed by atoms with E-state index in [4.69, 9.17) is 16.1 Å². The maximum absolute atomic E-state index is 16.7. The van der Waals surface area contributed by atoms with Gasteiger partial charge < -0.3 is 15.0 Å². The molecule has 4 aliphatic heterocycles. The topological polar surface area (TPSA) is 66.4 Å². The third-order valence-electron chi connectivity index (χ3n) is 9.95. The Balaban J connectivity index is 1.25. The minimum Gasteiger partial charge on any atom is -0.461 e. The first-order valence-electron chi connectivity index (χ1n) is 14.8. The summed E-state index contributed by atoms with van der Waals surface area (Å²) in [4.78, 5) is 18.5. The molecule has 0 aliphatic carbocycles. The number of nitrogens with one attached hydrogen (secondary N) is 1. The SMILES string of the molecule is C#Cc1cccc2cccc(-c3ncc4c(N5CCC6(CCN6)C5)nc(OC[C@@]56CCCN5C[C@H](F)C6)nc4c3F)c12. The molecular weight excluding hydrogens is 534 g/mol. The molecule has 2 aromatic carbocycles. The van der Waals surface area contributed by atoms with E-state index in [1.807, 2.05) is 36.4 Å². The molecule has 4 fully saturated rings. The first kappa shape index (κ1) is 25.8. The van der Waals surface area contributed by atoms with Crippen LogP contribution in [-0.4, -0.2) is 76.4 Å². The second-order valence-electron chi connectivity index (χ2n) is 12.4. The van der Waals surface area contributed by atoms with Gasteiger partial charge >= 0.3 is 6.01 Å². The lowest BCUT2D eigenvalue weighted by Gasteiger charge is -2.39. The van der Waals surface area contributed by atoms with Crippen molar-refractivity contribution in [3.63, 3.8) is 0 Å². The number of ether oxygens (including phenoxy) is 1. The van der Waals surface area contributed by atoms with Gasteiger partial charge in [-0.05, 0) is 50.2 Å². The van der Waals surface area contributed by atoms with Crippen LogP contribution in [0.15, 0.2) is 42.6 Å². The second-order valence-corrected chi connectivity index (χ2v) is 12.4. The predicted octanol–water partition coefficient (Wildman–Crippen LogP) is 4.86. The highest BCUT2D eigenvalue weighted by Gasteiger charge is 2.49. The molecule has 1 unspecified atom stereocenters. The number of alkyl halides is 1. The van der Waals surface area contributed by atoms with E-state index in [2.05, 4.69) is 31.0 Å². The zero-order valence-electron chi connectivity index (χ0n) is 23.4. The number of hydrogen-bond acceptors (Lipinski definition) is 7. The van der Waals surface area contributed by atoms with E-state index in [9.17, 15) is 4.39 Å². The van der Waals surface area contributed by atoms with Crippen LogP contribution in [0.3, 0.4) is 0 Å². The fourth-order valence-corrected chi connectivity index (χ4v) is 7.70. The fraction of sp³-hybridized carbons (Fsp3) is 0.424. The van der Waals surface area contributed by atoms with Crippen molar-refractivity contribution in [3.8, 4) is 29.6 Å². The molecule has 0 bridgehead atoms. The van der Waals surface area contributed by atoms with Gasteiger partial charge in [-0.3, -0.25) is 9.88 Å². The maximum atomic E-state index is 16.7. The summed E-state index contributed by atoms with van der Waals surface area (Å²) in [7, 11) is 0. The van der Waals surface area contributed by atoms with Gasteiger partial charge in [-0.25, -0.2) is 8.78 Å². The molecule has 0 saturated carbocycles. The number of rotatable bonds is 5. The summed E-state index contributed by atoms with van der Waals surface area (Å²) in [6.45, 7) is 4.15. The van der Waals surface area contributed by atoms with E-state index in [1.54, 1.807) is 6.20 Å². The summed E-state index contributed by atoms with van der Waals surface area (Å²) in [5.74, 6) is 2.82. The second kappa shape index (κ2) is 9.58. The van der Waals surface area contributed by atoms with Crippen LogP contribution in [0.25, 0.3) is 32.9 Å². The van der Waals surface area contributed by atoms with Gasteiger partial charge in [-0.2, -0.15) is 9.97 Å².